The van der Waals surface area contributed by atoms with Gasteiger partial charge in [0.15, 0.2) is 0 Å². The number of hydrogen-bond donors (Lipinski definition) is 1. The van der Waals surface area contributed by atoms with Gasteiger partial charge in [-0.2, -0.15) is 0 Å². The van der Waals surface area contributed by atoms with Crippen LogP contribution in [0.4, 0.5) is 5.69 Å². The van der Waals surface area contributed by atoms with Crippen LogP contribution in [-0.4, -0.2) is 8.42 Å². The van der Waals surface area contributed by atoms with E-state index in [9.17, 15) is 8.42 Å². The molecule has 0 aromatic heterocycles. The Labute approximate surface area is 128 Å². The van der Waals surface area contributed by atoms with Crippen LogP contribution in [0.3, 0.4) is 0 Å². The Kier molecular flexibility index (Phi) is 4.83. The minimum atomic E-state index is -3.58. The van der Waals surface area contributed by atoms with Crippen molar-refractivity contribution in [3.63, 3.8) is 0 Å². The normalized spacial score (nSPS) is 11.3. The zero-order valence-electron chi connectivity index (χ0n) is 11.1. The Morgan fingerprint density at radius 3 is 2.40 bits per heavy atom. The van der Waals surface area contributed by atoms with Crippen molar-refractivity contribution in [2.24, 2.45) is 0 Å². The minimum absolute atomic E-state index is 0.242. The molecule has 0 heterocycles. The zero-order valence-corrected chi connectivity index (χ0v) is 13.5. The molecule has 0 radical (unpaired) electrons. The van der Waals surface area contributed by atoms with E-state index in [1.807, 2.05) is 18.2 Å². The van der Waals surface area contributed by atoms with Crippen LogP contribution in [-0.2, 0) is 16.4 Å². The number of rotatable bonds is 5. The number of hydrogen-bond acceptors (Lipinski definition) is 2. The summed E-state index contributed by atoms with van der Waals surface area (Å²) in [6.45, 7) is 2.07. The third-order valence-corrected chi connectivity index (χ3v) is 5.28. The first kappa shape index (κ1) is 15.1. The van der Waals surface area contributed by atoms with Crippen molar-refractivity contribution < 1.29 is 8.42 Å². The quantitative estimate of drug-likeness (QED) is 0.875. The van der Waals surface area contributed by atoms with E-state index in [-0.39, 0.29) is 4.90 Å². The van der Waals surface area contributed by atoms with E-state index in [1.54, 1.807) is 30.3 Å². The van der Waals surface area contributed by atoms with Crippen LogP contribution in [0.1, 0.15) is 18.9 Å². The first-order valence-corrected chi connectivity index (χ1v) is 8.67. The highest BCUT2D eigenvalue weighted by molar-refractivity contribution is 9.10. The summed E-state index contributed by atoms with van der Waals surface area (Å²) in [6, 6.07) is 14.3. The van der Waals surface area contributed by atoms with Crippen LogP contribution in [0.25, 0.3) is 0 Å². The van der Waals surface area contributed by atoms with Gasteiger partial charge in [-0.15, -0.1) is 0 Å². The number of sulfonamides is 1. The van der Waals surface area contributed by atoms with Crippen molar-refractivity contribution in [3.8, 4) is 0 Å². The Balaban J connectivity index is 2.37. The topological polar surface area (TPSA) is 46.2 Å². The van der Waals surface area contributed by atoms with Crippen LogP contribution in [0.15, 0.2) is 57.9 Å². The van der Waals surface area contributed by atoms with Crippen LogP contribution in [0.2, 0.25) is 0 Å². The van der Waals surface area contributed by atoms with Gasteiger partial charge in [0.25, 0.3) is 10.0 Å². The second-order valence-electron chi connectivity index (χ2n) is 4.44. The molecule has 2 rings (SSSR count). The highest BCUT2D eigenvalue weighted by atomic mass is 79.9. The van der Waals surface area contributed by atoms with Gasteiger partial charge in [0.2, 0.25) is 0 Å². The molecule has 0 amide bonds. The first-order valence-electron chi connectivity index (χ1n) is 6.40. The summed E-state index contributed by atoms with van der Waals surface area (Å²) in [5, 5.41) is 0. The van der Waals surface area contributed by atoms with E-state index in [2.05, 4.69) is 27.6 Å². The Morgan fingerprint density at radius 2 is 1.70 bits per heavy atom. The van der Waals surface area contributed by atoms with Gasteiger partial charge >= 0.3 is 0 Å². The number of anilines is 1. The maximum atomic E-state index is 12.4. The standard InChI is InChI=1S/C15H16BrNO2S/c1-2-7-12-8-3-5-10-14(12)17-20(18,19)15-11-6-4-9-13(15)16/h3-6,8-11,17H,2,7H2,1H3. The molecule has 2 aromatic rings. The molecule has 0 aliphatic rings. The SMILES string of the molecule is CCCc1ccccc1NS(=O)(=O)c1ccccc1Br. The second-order valence-corrected chi connectivity index (χ2v) is 6.95. The molecule has 0 unspecified atom stereocenters. The summed E-state index contributed by atoms with van der Waals surface area (Å²) in [5.41, 5.74) is 1.65. The van der Waals surface area contributed by atoms with E-state index < -0.39 is 10.0 Å². The first-order chi connectivity index (χ1) is 9.54. The molecule has 0 aliphatic heterocycles. The maximum Gasteiger partial charge on any atom is 0.263 e. The third-order valence-electron chi connectivity index (χ3n) is 2.91. The Hall–Kier alpha value is -1.33. The number of halogens is 1. The van der Waals surface area contributed by atoms with Crippen molar-refractivity contribution in [1.29, 1.82) is 0 Å². The summed E-state index contributed by atoms with van der Waals surface area (Å²) in [4.78, 5) is 0.242. The van der Waals surface area contributed by atoms with Gasteiger partial charge in [0, 0.05) is 4.47 Å². The molecule has 0 saturated carbocycles. The van der Waals surface area contributed by atoms with Crippen LogP contribution >= 0.6 is 15.9 Å². The van der Waals surface area contributed by atoms with Gasteiger partial charge in [0.05, 0.1) is 5.69 Å². The van der Waals surface area contributed by atoms with Crippen LogP contribution < -0.4 is 4.72 Å². The maximum absolute atomic E-state index is 12.4. The minimum Gasteiger partial charge on any atom is -0.279 e. The smallest absolute Gasteiger partial charge is 0.263 e. The summed E-state index contributed by atoms with van der Waals surface area (Å²) < 4.78 is 28.1. The molecule has 0 spiro atoms. The summed E-state index contributed by atoms with van der Waals surface area (Å²) in [5.74, 6) is 0. The highest BCUT2D eigenvalue weighted by Gasteiger charge is 2.18. The van der Waals surface area contributed by atoms with Gasteiger partial charge in [-0.25, -0.2) is 8.42 Å². The molecule has 0 bridgehead atoms. The monoisotopic (exact) mass is 353 g/mol. The van der Waals surface area contributed by atoms with E-state index in [4.69, 9.17) is 0 Å². The fourth-order valence-corrected chi connectivity index (χ4v) is 4.07. The predicted octanol–water partition coefficient (Wildman–Crippen LogP) is 4.20. The molecule has 5 heteroatoms. The van der Waals surface area contributed by atoms with E-state index in [0.717, 1.165) is 18.4 Å². The number of nitrogens with one attached hydrogen (secondary N) is 1. The van der Waals surface area contributed by atoms with Crippen LogP contribution in [0.5, 0.6) is 0 Å². The van der Waals surface area contributed by atoms with Crippen LogP contribution in [0, 0.1) is 0 Å². The summed E-state index contributed by atoms with van der Waals surface area (Å²) in [7, 11) is -3.58. The average Bonchev–Trinajstić information content (AvgIpc) is 2.41. The molecule has 3 nitrogen and oxygen atoms in total. The van der Waals surface area contributed by atoms with Gasteiger partial charge in [-0.1, -0.05) is 43.7 Å². The van der Waals surface area contributed by atoms with Crippen molar-refractivity contribution in [2.75, 3.05) is 4.72 Å². The molecule has 20 heavy (non-hydrogen) atoms. The van der Waals surface area contributed by atoms with Crippen molar-refractivity contribution in [3.05, 3.63) is 58.6 Å². The molecule has 106 valence electrons. The molecule has 2 aromatic carbocycles. The zero-order chi connectivity index (χ0) is 14.6. The third kappa shape index (κ3) is 3.41. The second kappa shape index (κ2) is 6.41. The van der Waals surface area contributed by atoms with Crippen molar-refractivity contribution in [1.82, 2.24) is 0 Å². The lowest BCUT2D eigenvalue weighted by atomic mass is 10.1. The fourth-order valence-electron chi connectivity index (χ4n) is 1.97. The van der Waals surface area contributed by atoms with Gasteiger partial charge < -0.3 is 0 Å². The summed E-state index contributed by atoms with van der Waals surface area (Å²) in [6.07, 6.45) is 1.81. The van der Waals surface area contributed by atoms with Gasteiger partial charge in [0.1, 0.15) is 4.90 Å². The molecule has 0 fully saturated rings. The molecule has 1 N–H and O–H groups in total. The van der Waals surface area contributed by atoms with E-state index in [0.29, 0.717) is 10.2 Å². The predicted molar refractivity (Wildman–Crippen MR) is 85.4 cm³/mol. The largest absolute Gasteiger partial charge is 0.279 e. The fraction of sp³-hybridized carbons (Fsp3) is 0.200. The molecule has 0 aliphatic carbocycles. The van der Waals surface area contributed by atoms with E-state index >= 15 is 0 Å². The number of para-hydroxylation sites is 1. The molecular weight excluding hydrogens is 338 g/mol. The number of aryl methyl sites for hydroxylation is 1. The molecule has 0 saturated heterocycles. The Bertz CT molecular complexity index is 699. The highest BCUT2D eigenvalue weighted by Crippen LogP contribution is 2.25. The Morgan fingerprint density at radius 1 is 1.05 bits per heavy atom. The van der Waals surface area contributed by atoms with Gasteiger partial charge in [-0.3, -0.25) is 4.72 Å². The van der Waals surface area contributed by atoms with Crippen molar-refractivity contribution >= 4 is 31.6 Å². The lowest BCUT2D eigenvalue weighted by molar-refractivity contribution is 0.600. The molecular formula is C15H16BrNO2S. The van der Waals surface area contributed by atoms with Gasteiger partial charge in [-0.05, 0) is 46.1 Å². The van der Waals surface area contributed by atoms with E-state index in [1.165, 1.54) is 0 Å². The lowest BCUT2D eigenvalue weighted by Crippen LogP contribution is -2.14. The summed E-state index contributed by atoms with van der Waals surface area (Å²) >= 11 is 3.28. The average molecular weight is 354 g/mol. The molecule has 0 atom stereocenters. The lowest BCUT2D eigenvalue weighted by Gasteiger charge is -2.13. The van der Waals surface area contributed by atoms with Crippen molar-refractivity contribution in [2.45, 2.75) is 24.7 Å². The number of benzene rings is 2.